The van der Waals surface area contributed by atoms with Crippen molar-refractivity contribution in [2.24, 2.45) is 0 Å². The number of hydrogen-bond donors (Lipinski definition) is 1. The zero-order valence-corrected chi connectivity index (χ0v) is 15.8. The third-order valence-electron chi connectivity index (χ3n) is 3.12. The fourth-order valence-corrected chi connectivity index (χ4v) is 3.69. The van der Waals surface area contributed by atoms with Gasteiger partial charge in [-0.15, -0.1) is 11.3 Å². The maximum atomic E-state index is 12.3. The zero-order valence-electron chi connectivity index (χ0n) is 11.8. The van der Waals surface area contributed by atoms with Crippen molar-refractivity contribution in [3.8, 4) is 0 Å². The summed E-state index contributed by atoms with van der Waals surface area (Å²) >= 11 is 8.51. The largest absolute Gasteiger partial charge is 0.350 e. The number of halogens is 2. The SMILES string of the molecule is CN(C)C(CNC(=O)c1cc(Br)ccc1Br)c1cccs1. The molecule has 1 heterocycles. The number of nitrogens with one attached hydrogen (secondary N) is 1. The van der Waals surface area contributed by atoms with Crippen LogP contribution in [0.2, 0.25) is 0 Å². The second kappa shape index (κ2) is 7.54. The number of carbonyl (C=O) groups excluding carboxylic acids is 1. The van der Waals surface area contributed by atoms with E-state index in [1.165, 1.54) is 4.88 Å². The monoisotopic (exact) mass is 430 g/mol. The quantitative estimate of drug-likeness (QED) is 0.764. The second-order valence-corrected chi connectivity index (χ2v) is 7.58. The van der Waals surface area contributed by atoms with Gasteiger partial charge in [0.25, 0.3) is 5.91 Å². The first-order valence-electron chi connectivity index (χ1n) is 6.42. The Kier molecular flexibility index (Phi) is 5.98. The molecule has 1 unspecified atom stereocenters. The lowest BCUT2D eigenvalue weighted by atomic mass is 10.2. The van der Waals surface area contributed by atoms with Gasteiger partial charge in [-0.1, -0.05) is 22.0 Å². The predicted octanol–water partition coefficient (Wildman–Crippen LogP) is 4.31. The molecule has 2 rings (SSSR count). The van der Waals surface area contributed by atoms with E-state index in [9.17, 15) is 4.79 Å². The molecule has 1 atom stereocenters. The van der Waals surface area contributed by atoms with Gasteiger partial charge in [-0.2, -0.15) is 0 Å². The second-order valence-electron chi connectivity index (χ2n) is 4.83. The summed E-state index contributed by atoms with van der Waals surface area (Å²) in [5, 5.41) is 5.07. The Morgan fingerprint density at radius 3 is 2.71 bits per heavy atom. The molecule has 1 aromatic heterocycles. The van der Waals surface area contributed by atoms with Crippen LogP contribution in [0.25, 0.3) is 0 Å². The Morgan fingerprint density at radius 1 is 1.33 bits per heavy atom. The third kappa shape index (κ3) is 4.39. The van der Waals surface area contributed by atoms with E-state index in [-0.39, 0.29) is 11.9 Å². The van der Waals surface area contributed by atoms with Crippen LogP contribution in [-0.2, 0) is 0 Å². The van der Waals surface area contributed by atoms with Crippen LogP contribution < -0.4 is 5.32 Å². The highest BCUT2D eigenvalue weighted by Gasteiger charge is 2.17. The molecule has 21 heavy (non-hydrogen) atoms. The van der Waals surface area contributed by atoms with Gasteiger partial charge in [0.05, 0.1) is 11.6 Å². The van der Waals surface area contributed by atoms with Crippen molar-refractivity contribution in [2.45, 2.75) is 6.04 Å². The summed E-state index contributed by atoms with van der Waals surface area (Å²) in [7, 11) is 4.04. The van der Waals surface area contributed by atoms with Crippen LogP contribution in [-0.4, -0.2) is 31.4 Å². The number of carbonyl (C=O) groups is 1. The average Bonchev–Trinajstić information content (AvgIpc) is 2.95. The lowest BCUT2D eigenvalue weighted by Crippen LogP contribution is -2.34. The minimum absolute atomic E-state index is 0.0772. The van der Waals surface area contributed by atoms with E-state index in [0.29, 0.717) is 12.1 Å². The van der Waals surface area contributed by atoms with E-state index in [4.69, 9.17) is 0 Å². The normalized spacial score (nSPS) is 12.4. The van der Waals surface area contributed by atoms with Crippen LogP contribution in [0, 0.1) is 0 Å². The Bertz CT molecular complexity index is 614. The van der Waals surface area contributed by atoms with E-state index < -0.39 is 0 Å². The maximum absolute atomic E-state index is 12.3. The lowest BCUT2D eigenvalue weighted by molar-refractivity contribution is 0.0941. The standard InChI is InChI=1S/C15H16Br2N2OS/c1-19(2)13(14-4-3-7-21-14)9-18-15(20)11-8-10(16)5-6-12(11)17/h3-8,13H,9H2,1-2H3,(H,18,20). The van der Waals surface area contributed by atoms with Crippen molar-refractivity contribution in [1.82, 2.24) is 10.2 Å². The van der Waals surface area contributed by atoms with Crippen molar-refractivity contribution in [3.63, 3.8) is 0 Å². The molecule has 1 amide bonds. The van der Waals surface area contributed by atoms with Gasteiger partial charge in [-0.3, -0.25) is 4.79 Å². The van der Waals surface area contributed by atoms with Crippen LogP contribution in [0.5, 0.6) is 0 Å². The third-order valence-corrected chi connectivity index (χ3v) is 5.28. The summed E-state index contributed by atoms with van der Waals surface area (Å²) in [4.78, 5) is 15.7. The van der Waals surface area contributed by atoms with Gasteiger partial charge in [0.1, 0.15) is 0 Å². The fourth-order valence-electron chi connectivity index (χ4n) is 1.97. The van der Waals surface area contributed by atoms with Crippen molar-refractivity contribution < 1.29 is 4.79 Å². The molecule has 0 bridgehead atoms. The Labute approximate surface area is 145 Å². The number of thiophene rings is 1. The molecule has 1 aromatic carbocycles. The summed E-state index contributed by atoms with van der Waals surface area (Å²) in [6.07, 6.45) is 0. The van der Waals surface area contributed by atoms with E-state index in [1.807, 2.05) is 38.4 Å². The van der Waals surface area contributed by atoms with Crippen LogP contribution in [0.4, 0.5) is 0 Å². The highest BCUT2D eigenvalue weighted by Crippen LogP contribution is 2.24. The molecule has 0 fully saturated rings. The first-order valence-corrected chi connectivity index (χ1v) is 8.88. The summed E-state index contributed by atoms with van der Waals surface area (Å²) in [5.74, 6) is -0.0772. The average molecular weight is 432 g/mol. The first kappa shape index (κ1) is 16.7. The molecule has 0 aliphatic carbocycles. The first-order chi connectivity index (χ1) is 9.99. The van der Waals surface area contributed by atoms with Gasteiger partial charge in [-0.05, 0) is 59.7 Å². The minimum Gasteiger partial charge on any atom is -0.350 e. The van der Waals surface area contributed by atoms with E-state index in [0.717, 1.165) is 8.95 Å². The summed E-state index contributed by atoms with van der Waals surface area (Å²) in [5.41, 5.74) is 0.632. The van der Waals surface area contributed by atoms with Crippen LogP contribution in [0.15, 0.2) is 44.7 Å². The summed E-state index contributed by atoms with van der Waals surface area (Å²) in [6.45, 7) is 0.575. The lowest BCUT2D eigenvalue weighted by Gasteiger charge is -2.23. The molecule has 0 saturated heterocycles. The molecule has 112 valence electrons. The number of rotatable bonds is 5. The van der Waals surface area contributed by atoms with Crippen LogP contribution in [0.3, 0.4) is 0 Å². The Morgan fingerprint density at radius 2 is 2.10 bits per heavy atom. The fraction of sp³-hybridized carbons (Fsp3) is 0.267. The van der Waals surface area contributed by atoms with Crippen molar-refractivity contribution >= 4 is 49.1 Å². The molecule has 0 aliphatic rings. The molecule has 0 aliphatic heterocycles. The Balaban J connectivity index is 2.07. The predicted molar refractivity (Wildman–Crippen MR) is 94.9 cm³/mol. The van der Waals surface area contributed by atoms with Gasteiger partial charge in [0, 0.05) is 20.4 Å². The van der Waals surface area contributed by atoms with Crippen LogP contribution >= 0.6 is 43.2 Å². The minimum atomic E-state index is -0.0772. The highest BCUT2D eigenvalue weighted by molar-refractivity contribution is 9.11. The molecule has 2 aromatic rings. The molecule has 6 heteroatoms. The topological polar surface area (TPSA) is 32.3 Å². The van der Waals surface area contributed by atoms with Crippen molar-refractivity contribution in [1.29, 1.82) is 0 Å². The van der Waals surface area contributed by atoms with Gasteiger partial charge in [0.15, 0.2) is 0 Å². The van der Waals surface area contributed by atoms with Gasteiger partial charge < -0.3 is 10.2 Å². The molecular formula is C15H16Br2N2OS. The number of likely N-dealkylation sites (N-methyl/N-ethyl adjacent to an activating group) is 1. The number of amides is 1. The molecule has 1 N–H and O–H groups in total. The highest BCUT2D eigenvalue weighted by atomic mass is 79.9. The number of hydrogen-bond acceptors (Lipinski definition) is 3. The van der Waals surface area contributed by atoms with Crippen LogP contribution in [0.1, 0.15) is 21.3 Å². The van der Waals surface area contributed by atoms with Gasteiger partial charge in [0.2, 0.25) is 0 Å². The zero-order chi connectivity index (χ0) is 15.4. The van der Waals surface area contributed by atoms with Gasteiger partial charge >= 0.3 is 0 Å². The summed E-state index contributed by atoms with van der Waals surface area (Å²) < 4.78 is 1.68. The van der Waals surface area contributed by atoms with E-state index in [2.05, 4.69) is 53.5 Å². The van der Waals surface area contributed by atoms with E-state index >= 15 is 0 Å². The molecule has 0 radical (unpaired) electrons. The number of benzene rings is 1. The Hall–Kier alpha value is -0.690. The number of nitrogens with zero attached hydrogens (tertiary/aromatic N) is 1. The molecule has 0 spiro atoms. The van der Waals surface area contributed by atoms with Gasteiger partial charge in [-0.25, -0.2) is 0 Å². The van der Waals surface area contributed by atoms with E-state index in [1.54, 1.807) is 11.3 Å². The molecule has 3 nitrogen and oxygen atoms in total. The smallest absolute Gasteiger partial charge is 0.252 e. The van der Waals surface area contributed by atoms with Crippen molar-refractivity contribution in [3.05, 3.63) is 55.1 Å². The molecule has 0 saturated carbocycles. The van der Waals surface area contributed by atoms with Crippen molar-refractivity contribution in [2.75, 3.05) is 20.6 Å². The molecular weight excluding hydrogens is 416 g/mol. The summed E-state index contributed by atoms with van der Waals surface area (Å²) in [6, 6.07) is 9.88. The maximum Gasteiger partial charge on any atom is 0.252 e.